The summed E-state index contributed by atoms with van der Waals surface area (Å²) in [5, 5.41) is 6.57. The molecule has 0 radical (unpaired) electrons. The Hall–Kier alpha value is -2.05. The van der Waals surface area contributed by atoms with Crippen LogP contribution in [0, 0.1) is 5.92 Å². The van der Waals surface area contributed by atoms with E-state index in [0.29, 0.717) is 17.2 Å². The largest absolute Gasteiger partial charge is 0.500 e. The number of ether oxygens (including phenoxy) is 1. The molecule has 7 heteroatoms. The maximum Gasteiger partial charge on any atom is 0.256 e. The van der Waals surface area contributed by atoms with Gasteiger partial charge in [0.05, 0.1) is 29.8 Å². The van der Waals surface area contributed by atoms with E-state index in [4.69, 9.17) is 16.3 Å². The lowest BCUT2D eigenvalue weighted by Crippen LogP contribution is -2.40. The molecule has 0 saturated heterocycles. The zero-order valence-corrected chi connectivity index (χ0v) is 15.4. The van der Waals surface area contributed by atoms with Crippen LogP contribution in [0.25, 0.3) is 5.57 Å². The first-order chi connectivity index (χ1) is 12.1. The molecule has 4 rings (SSSR count). The standard InChI is InChI=1S/C18H14BrClN2O3/c19-6-15(23)21-14-3-1-9-7-25-8-12(9)16(14)17-11-5-10(20)2-4-13(11)22-18(17)24/h1-5,7,12,14H,6,8H2,(H,21,23)(H,22,24). The summed E-state index contributed by atoms with van der Waals surface area (Å²) in [6, 6.07) is 4.93. The second kappa shape index (κ2) is 6.35. The number of fused-ring (bicyclic) bond motifs is 2. The predicted molar refractivity (Wildman–Crippen MR) is 99.4 cm³/mol. The number of anilines is 1. The quantitative estimate of drug-likeness (QED) is 0.570. The van der Waals surface area contributed by atoms with Crippen molar-refractivity contribution < 1.29 is 14.3 Å². The minimum Gasteiger partial charge on any atom is -0.500 e. The van der Waals surface area contributed by atoms with Gasteiger partial charge in [-0.2, -0.15) is 0 Å². The number of carbonyl (C=O) groups is 2. The number of amides is 2. The summed E-state index contributed by atoms with van der Waals surface area (Å²) < 4.78 is 5.48. The Morgan fingerprint density at radius 2 is 2.28 bits per heavy atom. The highest BCUT2D eigenvalue weighted by Gasteiger charge is 2.38. The first-order valence-electron chi connectivity index (χ1n) is 7.79. The molecule has 0 bridgehead atoms. The molecule has 2 aliphatic heterocycles. The van der Waals surface area contributed by atoms with E-state index in [1.807, 2.05) is 12.2 Å². The van der Waals surface area contributed by atoms with E-state index in [2.05, 4.69) is 26.6 Å². The van der Waals surface area contributed by atoms with Gasteiger partial charge in [-0.25, -0.2) is 0 Å². The molecular weight excluding hydrogens is 408 g/mol. The highest BCUT2D eigenvalue weighted by Crippen LogP contribution is 2.43. The molecule has 2 unspecified atom stereocenters. The van der Waals surface area contributed by atoms with E-state index in [9.17, 15) is 9.59 Å². The van der Waals surface area contributed by atoms with Gasteiger partial charge in [0.25, 0.3) is 5.91 Å². The molecule has 0 aromatic heterocycles. The average Bonchev–Trinajstić information content (AvgIpc) is 3.18. The van der Waals surface area contributed by atoms with Gasteiger partial charge in [-0.15, -0.1) is 0 Å². The lowest BCUT2D eigenvalue weighted by atomic mass is 9.79. The van der Waals surface area contributed by atoms with Crippen LogP contribution in [-0.2, 0) is 14.3 Å². The number of nitrogens with one attached hydrogen (secondary N) is 2. The molecule has 0 fully saturated rings. The van der Waals surface area contributed by atoms with E-state index >= 15 is 0 Å². The Morgan fingerprint density at radius 1 is 1.44 bits per heavy atom. The van der Waals surface area contributed by atoms with E-state index in [-0.39, 0.29) is 29.1 Å². The summed E-state index contributed by atoms with van der Waals surface area (Å²) in [6.07, 6.45) is 5.53. The van der Waals surface area contributed by atoms with Crippen LogP contribution in [0.5, 0.6) is 0 Å². The van der Waals surface area contributed by atoms with Crippen molar-refractivity contribution >= 4 is 50.6 Å². The first-order valence-corrected chi connectivity index (χ1v) is 9.29. The maximum absolute atomic E-state index is 12.7. The number of rotatable bonds is 2. The van der Waals surface area contributed by atoms with Crippen molar-refractivity contribution in [3.63, 3.8) is 0 Å². The molecule has 2 heterocycles. The molecule has 128 valence electrons. The van der Waals surface area contributed by atoms with E-state index in [0.717, 1.165) is 22.4 Å². The van der Waals surface area contributed by atoms with Gasteiger partial charge in [0.15, 0.2) is 0 Å². The topological polar surface area (TPSA) is 67.4 Å². The molecule has 3 aliphatic rings. The minimum absolute atomic E-state index is 0.0729. The Morgan fingerprint density at radius 3 is 3.08 bits per heavy atom. The Kier molecular flexibility index (Phi) is 4.17. The smallest absolute Gasteiger partial charge is 0.256 e. The Bertz CT molecular complexity index is 875. The summed E-state index contributed by atoms with van der Waals surface area (Å²) >= 11 is 9.31. The maximum atomic E-state index is 12.7. The molecular formula is C18H14BrClN2O3. The normalized spacial score (nSPS) is 26.5. The SMILES string of the molecule is O=C(CBr)NC1C=CC2=COCC2C1=C1C(=O)Nc2ccc(Cl)cc21. The van der Waals surface area contributed by atoms with Crippen molar-refractivity contribution in [3.05, 3.63) is 58.3 Å². The van der Waals surface area contributed by atoms with Crippen LogP contribution in [0.4, 0.5) is 5.69 Å². The molecule has 1 aliphatic carbocycles. The van der Waals surface area contributed by atoms with Crippen molar-refractivity contribution in [1.82, 2.24) is 5.32 Å². The second-order valence-electron chi connectivity index (χ2n) is 6.02. The molecule has 1 aromatic carbocycles. The summed E-state index contributed by atoms with van der Waals surface area (Å²) in [4.78, 5) is 24.6. The second-order valence-corrected chi connectivity index (χ2v) is 7.01. The van der Waals surface area contributed by atoms with E-state index < -0.39 is 0 Å². The number of benzene rings is 1. The summed E-state index contributed by atoms with van der Waals surface area (Å²) in [5.41, 5.74) is 3.87. The van der Waals surface area contributed by atoms with Gasteiger partial charge in [0, 0.05) is 22.2 Å². The van der Waals surface area contributed by atoms with Crippen molar-refractivity contribution in [1.29, 1.82) is 0 Å². The van der Waals surface area contributed by atoms with Gasteiger partial charge in [-0.05, 0) is 29.3 Å². The summed E-state index contributed by atoms with van der Waals surface area (Å²) in [6.45, 7) is 0.447. The first kappa shape index (κ1) is 16.4. The summed E-state index contributed by atoms with van der Waals surface area (Å²) in [7, 11) is 0. The number of carbonyl (C=O) groups excluding carboxylic acids is 2. The van der Waals surface area contributed by atoms with Crippen LogP contribution in [0.15, 0.2) is 47.8 Å². The fraction of sp³-hybridized carbons (Fsp3) is 0.222. The van der Waals surface area contributed by atoms with E-state index in [1.165, 1.54) is 0 Å². The van der Waals surface area contributed by atoms with E-state index in [1.54, 1.807) is 24.5 Å². The molecule has 0 saturated carbocycles. The fourth-order valence-electron chi connectivity index (χ4n) is 3.47. The minimum atomic E-state index is -0.375. The van der Waals surface area contributed by atoms with Gasteiger partial charge >= 0.3 is 0 Å². The number of halogens is 2. The molecule has 1 aromatic rings. The summed E-state index contributed by atoms with van der Waals surface area (Å²) in [5.74, 6) is -0.410. The highest BCUT2D eigenvalue weighted by molar-refractivity contribution is 9.09. The molecule has 0 spiro atoms. The van der Waals surface area contributed by atoms with Gasteiger partial charge in [-0.3, -0.25) is 9.59 Å². The van der Waals surface area contributed by atoms with Gasteiger partial charge < -0.3 is 15.4 Å². The zero-order chi connectivity index (χ0) is 17.6. The third-order valence-corrected chi connectivity index (χ3v) is 5.27. The van der Waals surface area contributed by atoms with Crippen molar-refractivity contribution in [2.24, 2.45) is 5.92 Å². The molecule has 5 nitrogen and oxygen atoms in total. The van der Waals surface area contributed by atoms with Crippen LogP contribution in [0.3, 0.4) is 0 Å². The lowest BCUT2D eigenvalue weighted by Gasteiger charge is -2.29. The molecule has 25 heavy (non-hydrogen) atoms. The van der Waals surface area contributed by atoms with Crippen molar-refractivity contribution in [3.8, 4) is 0 Å². The van der Waals surface area contributed by atoms with Crippen LogP contribution in [-0.4, -0.2) is 29.8 Å². The van der Waals surface area contributed by atoms with Crippen LogP contribution >= 0.6 is 27.5 Å². The average molecular weight is 422 g/mol. The van der Waals surface area contributed by atoms with Gasteiger partial charge in [0.2, 0.25) is 5.91 Å². The monoisotopic (exact) mass is 420 g/mol. The van der Waals surface area contributed by atoms with Crippen LogP contribution in [0.1, 0.15) is 5.56 Å². The molecule has 2 amide bonds. The van der Waals surface area contributed by atoms with Gasteiger partial charge in [0.1, 0.15) is 0 Å². The number of hydrogen-bond donors (Lipinski definition) is 2. The Balaban J connectivity index is 1.90. The van der Waals surface area contributed by atoms with Crippen LogP contribution < -0.4 is 10.6 Å². The third kappa shape index (κ3) is 2.79. The van der Waals surface area contributed by atoms with Gasteiger partial charge in [-0.1, -0.05) is 39.7 Å². The number of hydrogen-bond acceptors (Lipinski definition) is 3. The molecule has 2 N–H and O–H groups in total. The van der Waals surface area contributed by atoms with Crippen molar-refractivity contribution in [2.45, 2.75) is 6.04 Å². The number of alkyl halides is 1. The fourth-order valence-corrected chi connectivity index (χ4v) is 3.80. The lowest BCUT2D eigenvalue weighted by molar-refractivity contribution is -0.118. The Labute approximate surface area is 157 Å². The van der Waals surface area contributed by atoms with Crippen molar-refractivity contribution in [2.75, 3.05) is 17.3 Å². The third-order valence-electron chi connectivity index (χ3n) is 4.53. The zero-order valence-electron chi connectivity index (χ0n) is 13.0. The number of allylic oxidation sites excluding steroid dienone is 1. The highest BCUT2D eigenvalue weighted by atomic mass is 79.9. The van der Waals surface area contributed by atoms with Crippen LogP contribution in [0.2, 0.25) is 5.02 Å². The predicted octanol–water partition coefficient (Wildman–Crippen LogP) is 3.03. The molecule has 2 atom stereocenters.